The Morgan fingerprint density at radius 3 is 2.10 bits per heavy atom. The third-order valence-corrected chi connectivity index (χ3v) is 4.74. The van der Waals surface area contributed by atoms with Crippen molar-refractivity contribution >= 4 is 16.1 Å². The molecule has 0 saturated heterocycles. The molecule has 0 aromatic rings. The molecule has 0 bridgehead atoms. The van der Waals surface area contributed by atoms with Gasteiger partial charge in [0.05, 0.1) is 8.07 Å². The Balaban J connectivity index is 4.67. The van der Waals surface area contributed by atoms with Gasteiger partial charge in [-0.05, 0) is 12.8 Å². The highest BCUT2D eigenvalue weighted by atomic mass is 28.3. The van der Waals surface area contributed by atoms with Crippen molar-refractivity contribution < 1.29 is 0 Å². The van der Waals surface area contributed by atoms with Gasteiger partial charge in [0.25, 0.3) is 0 Å². The molecular formula is C18H34Si2. The van der Waals surface area contributed by atoms with Crippen LogP contribution in [0.25, 0.3) is 0 Å². The van der Waals surface area contributed by atoms with Crippen LogP contribution in [0, 0.1) is 11.5 Å². The summed E-state index contributed by atoms with van der Waals surface area (Å²) in [6.07, 6.45) is 11.1. The largest absolute Gasteiger partial charge is 0.129 e. The lowest BCUT2D eigenvalue weighted by molar-refractivity contribution is 0.674. The van der Waals surface area contributed by atoms with E-state index in [2.05, 4.69) is 75.5 Å². The van der Waals surface area contributed by atoms with Crippen LogP contribution in [0.2, 0.25) is 39.3 Å². The van der Waals surface area contributed by atoms with E-state index in [0.29, 0.717) is 0 Å². The first-order valence-electron chi connectivity index (χ1n) is 8.06. The summed E-state index contributed by atoms with van der Waals surface area (Å²) in [6, 6.07) is 0. The average Bonchev–Trinajstić information content (AvgIpc) is 2.27. The molecule has 114 valence electrons. The molecular weight excluding hydrogens is 272 g/mol. The van der Waals surface area contributed by atoms with E-state index in [4.69, 9.17) is 0 Å². The molecule has 0 N–H and O–H groups in total. The zero-order valence-electron chi connectivity index (χ0n) is 14.8. The van der Waals surface area contributed by atoms with Gasteiger partial charge in [-0.2, -0.15) is 0 Å². The fraction of sp³-hybridized carbons (Fsp3) is 0.667. The second kappa shape index (κ2) is 9.42. The predicted octanol–water partition coefficient (Wildman–Crippen LogP) is 6.20. The SMILES string of the molecule is CCCCCC/C=C/C(C#C[Si](C)(C)C)=C/[Si](C)(C)C. The molecule has 0 aromatic heterocycles. The van der Waals surface area contributed by atoms with Crippen LogP contribution in [0.15, 0.2) is 23.4 Å². The number of unbranched alkanes of at least 4 members (excludes halogenated alkanes) is 4. The Labute approximate surface area is 129 Å². The van der Waals surface area contributed by atoms with E-state index >= 15 is 0 Å². The molecule has 0 spiro atoms. The van der Waals surface area contributed by atoms with Crippen LogP contribution >= 0.6 is 0 Å². The second-order valence-electron chi connectivity index (χ2n) is 7.72. The number of hydrogen-bond donors (Lipinski definition) is 0. The van der Waals surface area contributed by atoms with Gasteiger partial charge in [0.15, 0.2) is 0 Å². The molecule has 0 fully saturated rings. The maximum atomic E-state index is 3.50. The highest BCUT2D eigenvalue weighted by molar-refractivity contribution is 6.84. The van der Waals surface area contributed by atoms with Gasteiger partial charge in [0.2, 0.25) is 0 Å². The summed E-state index contributed by atoms with van der Waals surface area (Å²) in [7, 11) is -2.48. The van der Waals surface area contributed by atoms with Gasteiger partial charge in [0.1, 0.15) is 8.07 Å². The van der Waals surface area contributed by atoms with Crippen LogP contribution in [-0.4, -0.2) is 16.1 Å². The fourth-order valence-corrected chi connectivity index (χ4v) is 3.37. The third kappa shape index (κ3) is 13.9. The lowest BCUT2D eigenvalue weighted by Crippen LogP contribution is -2.18. The van der Waals surface area contributed by atoms with E-state index in [1.807, 2.05) is 0 Å². The van der Waals surface area contributed by atoms with E-state index < -0.39 is 16.1 Å². The zero-order valence-corrected chi connectivity index (χ0v) is 16.8. The minimum Gasteiger partial charge on any atom is -0.127 e. The molecule has 0 saturated carbocycles. The van der Waals surface area contributed by atoms with Gasteiger partial charge in [-0.15, -0.1) is 5.54 Å². The number of rotatable bonds is 7. The maximum Gasteiger partial charge on any atom is 0.129 e. The normalized spacial score (nSPS) is 13.4. The first-order chi connectivity index (χ1) is 9.14. The van der Waals surface area contributed by atoms with Crippen molar-refractivity contribution in [2.75, 3.05) is 0 Å². The Bertz CT molecular complexity index is 378. The molecule has 0 amide bonds. The standard InChI is InChI=1S/C18H34Si2/c1-8-9-10-11-12-13-14-18(17-20(5,6)7)15-16-19(2,3)4/h13-14,17H,8-12H2,1-7H3/b14-13+,18-17-. The van der Waals surface area contributed by atoms with Gasteiger partial charge >= 0.3 is 0 Å². The monoisotopic (exact) mass is 306 g/mol. The quantitative estimate of drug-likeness (QED) is 0.227. The molecule has 0 unspecified atom stereocenters. The van der Waals surface area contributed by atoms with Crippen molar-refractivity contribution in [3.63, 3.8) is 0 Å². The van der Waals surface area contributed by atoms with Crippen LogP contribution in [0.1, 0.15) is 39.0 Å². The summed E-state index contributed by atoms with van der Waals surface area (Å²) in [5.74, 6) is 3.44. The van der Waals surface area contributed by atoms with Gasteiger partial charge in [-0.25, -0.2) is 0 Å². The van der Waals surface area contributed by atoms with Crippen molar-refractivity contribution in [2.45, 2.75) is 78.3 Å². The van der Waals surface area contributed by atoms with Crippen molar-refractivity contribution in [1.82, 2.24) is 0 Å². The average molecular weight is 307 g/mol. The summed E-state index contributed by atoms with van der Waals surface area (Å²) in [6.45, 7) is 16.3. The molecule has 0 aliphatic heterocycles. The minimum atomic E-state index is -1.28. The van der Waals surface area contributed by atoms with E-state index in [0.717, 1.165) is 0 Å². The minimum absolute atomic E-state index is 1.19. The Hall–Kier alpha value is -0.526. The van der Waals surface area contributed by atoms with Crippen molar-refractivity contribution in [3.8, 4) is 11.5 Å². The lowest BCUT2D eigenvalue weighted by Gasteiger charge is -2.10. The molecule has 2 heteroatoms. The Morgan fingerprint density at radius 1 is 0.950 bits per heavy atom. The van der Waals surface area contributed by atoms with Gasteiger partial charge in [0, 0.05) is 5.57 Å². The van der Waals surface area contributed by atoms with Crippen LogP contribution < -0.4 is 0 Å². The van der Waals surface area contributed by atoms with Gasteiger partial charge < -0.3 is 0 Å². The van der Waals surface area contributed by atoms with Crippen molar-refractivity contribution in [2.24, 2.45) is 0 Å². The summed E-state index contributed by atoms with van der Waals surface area (Å²) >= 11 is 0. The molecule has 0 nitrogen and oxygen atoms in total. The summed E-state index contributed by atoms with van der Waals surface area (Å²) in [4.78, 5) is 0. The Morgan fingerprint density at radius 2 is 1.60 bits per heavy atom. The second-order valence-corrected chi connectivity index (χ2v) is 17.5. The smallest absolute Gasteiger partial charge is 0.127 e. The van der Waals surface area contributed by atoms with Crippen LogP contribution in [0.5, 0.6) is 0 Å². The highest BCUT2D eigenvalue weighted by Gasteiger charge is 2.10. The number of hydrogen-bond acceptors (Lipinski definition) is 0. The fourth-order valence-electron chi connectivity index (χ4n) is 1.75. The molecule has 0 aliphatic rings. The van der Waals surface area contributed by atoms with Crippen molar-refractivity contribution in [3.05, 3.63) is 23.4 Å². The Kier molecular flexibility index (Phi) is 9.17. The van der Waals surface area contributed by atoms with E-state index in [1.165, 1.54) is 37.7 Å². The molecule has 0 heterocycles. The van der Waals surface area contributed by atoms with E-state index in [9.17, 15) is 0 Å². The van der Waals surface area contributed by atoms with Crippen LogP contribution in [0.4, 0.5) is 0 Å². The van der Waals surface area contributed by atoms with E-state index in [-0.39, 0.29) is 0 Å². The summed E-state index contributed by atoms with van der Waals surface area (Å²) < 4.78 is 0. The predicted molar refractivity (Wildman–Crippen MR) is 100 cm³/mol. The molecule has 0 atom stereocenters. The molecule has 0 radical (unpaired) electrons. The van der Waals surface area contributed by atoms with E-state index in [1.54, 1.807) is 0 Å². The van der Waals surface area contributed by atoms with Crippen LogP contribution in [0.3, 0.4) is 0 Å². The maximum absolute atomic E-state index is 3.50. The zero-order chi connectivity index (χ0) is 15.6. The van der Waals surface area contributed by atoms with Crippen LogP contribution in [-0.2, 0) is 0 Å². The van der Waals surface area contributed by atoms with Crippen molar-refractivity contribution in [1.29, 1.82) is 0 Å². The molecule has 0 aromatic carbocycles. The lowest BCUT2D eigenvalue weighted by atomic mass is 10.1. The first-order valence-corrected chi connectivity index (χ1v) is 15.1. The first kappa shape index (κ1) is 19.5. The van der Waals surface area contributed by atoms with Gasteiger partial charge in [-0.1, -0.05) is 89.2 Å². The molecule has 0 aliphatic carbocycles. The highest BCUT2D eigenvalue weighted by Crippen LogP contribution is 2.10. The number of allylic oxidation sites excluding steroid dienone is 3. The molecule has 20 heavy (non-hydrogen) atoms. The summed E-state index contributed by atoms with van der Waals surface area (Å²) in [5.41, 5.74) is 7.18. The van der Waals surface area contributed by atoms with Gasteiger partial charge in [-0.3, -0.25) is 0 Å². The summed E-state index contributed by atoms with van der Waals surface area (Å²) in [5, 5.41) is 0. The molecule has 0 rings (SSSR count). The topological polar surface area (TPSA) is 0 Å². The third-order valence-electron chi connectivity index (χ3n) is 2.69.